The number of hydrogen-bond acceptors (Lipinski definition) is 3. The van der Waals surface area contributed by atoms with Gasteiger partial charge in [-0.2, -0.15) is 0 Å². The molecule has 1 saturated carbocycles. The van der Waals surface area contributed by atoms with E-state index in [1.807, 2.05) is 12.1 Å². The van der Waals surface area contributed by atoms with Crippen LogP contribution in [-0.2, 0) is 6.54 Å². The van der Waals surface area contributed by atoms with Crippen molar-refractivity contribution in [1.29, 1.82) is 0 Å². The van der Waals surface area contributed by atoms with Crippen molar-refractivity contribution < 1.29 is 9.47 Å². The molecule has 2 rings (SSSR count). The highest BCUT2D eigenvalue weighted by Crippen LogP contribution is 2.29. The van der Waals surface area contributed by atoms with Crippen molar-refractivity contribution in [2.24, 2.45) is 0 Å². The smallest absolute Gasteiger partial charge is 0.127 e. The number of rotatable bonds is 5. The van der Waals surface area contributed by atoms with E-state index in [0.717, 1.165) is 18.0 Å². The largest absolute Gasteiger partial charge is 0.497 e. The number of nitrogens with one attached hydrogen (secondary N) is 1. The Balaban J connectivity index is 2.02. The summed E-state index contributed by atoms with van der Waals surface area (Å²) in [4.78, 5) is 0. The number of methoxy groups -OCH3 is 2. The van der Waals surface area contributed by atoms with Gasteiger partial charge < -0.3 is 14.8 Å². The number of ether oxygens (including phenoxy) is 2. The van der Waals surface area contributed by atoms with Gasteiger partial charge in [0, 0.05) is 23.7 Å². The lowest BCUT2D eigenvalue weighted by Gasteiger charge is -2.35. The molecule has 0 atom stereocenters. The van der Waals surface area contributed by atoms with Crippen molar-refractivity contribution in [3.63, 3.8) is 0 Å². The second-order valence-electron chi connectivity index (χ2n) is 5.65. The highest BCUT2D eigenvalue weighted by atomic mass is 16.5. The Kier molecular flexibility index (Phi) is 4.70. The molecule has 3 heteroatoms. The van der Waals surface area contributed by atoms with Crippen molar-refractivity contribution in [1.82, 2.24) is 5.32 Å². The number of benzene rings is 1. The third-order valence-corrected chi connectivity index (χ3v) is 4.16. The van der Waals surface area contributed by atoms with E-state index >= 15 is 0 Å². The molecule has 1 aliphatic rings. The Bertz CT molecular complexity index is 411. The van der Waals surface area contributed by atoms with Crippen molar-refractivity contribution >= 4 is 0 Å². The van der Waals surface area contributed by atoms with Gasteiger partial charge >= 0.3 is 0 Å². The summed E-state index contributed by atoms with van der Waals surface area (Å²) < 4.78 is 10.7. The average Bonchev–Trinajstić information content (AvgIpc) is 2.45. The van der Waals surface area contributed by atoms with E-state index in [-0.39, 0.29) is 5.54 Å². The lowest BCUT2D eigenvalue weighted by Crippen LogP contribution is -2.43. The molecular formula is C16H25NO2. The summed E-state index contributed by atoms with van der Waals surface area (Å²) >= 11 is 0. The van der Waals surface area contributed by atoms with E-state index in [9.17, 15) is 0 Å². The van der Waals surface area contributed by atoms with Crippen LogP contribution in [0.15, 0.2) is 18.2 Å². The van der Waals surface area contributed by atoms with Gasteiger partial charge in [0.05, 0.1) is 14.2 Å². The molecule has 19 heavy (non-hydrogen) atoms. The lowest BCUT2D eigenvalue weighted by molar-refractivity contribution is 0.251. The first kappa shape index (κ1) is 14.2. The van der Waals surface area contributed by atoms with Gasteiger partial charge in [-0.1, -0.05) is 25.3 Å². The summed E-state index contributed by atoms with van der Waals surface area (Å²) in [5.41, 5.74) is 1.47. The zero-order chi connectivity index (χ0) is 13.7. The fraction of sp³-hybridized carbons (Fsp3) is 0.625. The van der Waals surface area contributed by atoms with Crippen LogP contribution < -0.4 is 14.8 Å². The molecule has 0 radical (unpaired) electrons. The van der Waals surface area contributed by atoms with E-state index < -0.39 is 0 Å². The van der Waals surface area contributed by atoms with E-state index in [0.29, 0.717) is 0 Å². The molecule has 0 aliphatic heterocycles. The summed E-state index contributed by atoms with van der Waals surface area (Å²) in [6, 6.07) is 6.01. The van der Waals surface area contributed by atoms with Gasteiger partial charge in [0.25, 0.3) is 0 Å². The first-order valence-electron chi connectivity index (χ1n) is 7.13. The molecule has 106 valence electrons. The summed E-state index contributed by atoms with van der Waals surface area (Å²) in [5.74, 6) is 1.73. The first-order valence-corrected chi connectivity index (χ1v) is 7.13. The van der Waals surface area contributed by atoms with Crippen molar-refractivity contribution in [2.75, 3.05) is 14.2 Å². The second kappa shape index (κ2) is 6.29. The Morgan fingerprint density at radius 2 is 1.84 bits per heavy atom. The standard InChI is InChI=1S/C16H25NO2/c1-16(9-5-4-6-10-16)17-12-13-7-8-14(18-2)11-15(13)19-3/h7-8,11,17H,4-6,9-10,12H2,1-3H3. The predicted molar refractivity (Wildman–Crippen MR) is 77.9 cm³/mol. The summed E-state index contributed by atoms with van der Waals surface area (Å²) in [7, 11) is 3.39. The molecule has 1 aromatic rings. The molecule has 0 saturated heterocycles. The molecule has 0 heterocycles. The SMILES string of the molecule is COc1ccc(CNC2(C)CCCCC2)c(OC)c1. The van der Waals surface area contributed by atoms with Gasteiger partial charge in [0.2, 0.25) is 0 Å². The van der Waals surface area contributed by atoms with Crippen LogP contribution in [0, 0.1) is 0 Å². The maximum Gasteiger partial charge on any atom is 0.127 e. The summed E-state index contributed by atoms with van der Waals surface area (Å²) in [5, 5.41) is 3.71. The molecule has 0 unspecified atom stereocenters. The van der Waals surface area contributed by atoms with E-state index in [1.54, 1.807) is 14.2 Å². The molecule has 1 N–H and O–H groups in total. The topological polar surface area (TPSA) is 30.5 Å². The lowest BCUT2D eigenvalue weighted by atomic mass is 9.83. The molecule has 0 amide bonds. The molecule has 1 aromatic carbocycles. The van der Waals surface area contributed by atoms with Crippen LogP contribution in [0.3, 0.4) is 0 Å². The minimum absolute atomic E-state index is 0.281. The van der Waals surface area contributed by atoms with Crippen LogP contribution in [0.1, 0.15) is 44.6 Å². The average molecular weight is 263 g/mol. The fourth-order valence-corrected chi connectivity index (χ4v) is 2.82. The van der Waals surface area contributed by atoms with Crippen molar-refractivity contribution in [3.8, 4) is 11.5 Å². The van der Waals surface area contributed by atoms with Crippen molar-refractivity contribution in [3.05, 3.63) is 23.8 Å². The van der Waals surface area contributed by atoms with Crippen molar-refractivity contribution in [2.45, 2.75) is 51.1 Å². The van der Waals surface area contributed by atoms with Gasteiger partial charge in [-0.3, -0.25) is 0 Å². The molecule has 0 aromatic heterocycles. The van der Waals surface area contributed by atoms with Crippen LogP contribution in [0.5, 0.6) is 11.5 Å². The molecule has 1 fully saturated rings. The second-order valence-corrected chi connectivity index (χ2v) is 5.65. The molecule has 1 aliphatic carbocycles. The third kappa shape index (κ3) is 3.63. The minimum Gasteiger partial charge on any atom is -0.497 e. The zero-order valence-electron chi connectivity index (χ0n) is 12.3. The highest BCUT2D eigenvalue weighted by Gasteiger charge is 2.26. The van der Waals surface area contributed by atoms with Gasteiger partial charge in [-0.15, -0.1) is 0 Å². The molecule has 0 spiro atoms. The highest BCUT2D eigenvalue weighted by molar-refractivity contribution is 5.40. The van der Waals surface area contributed by atoms with Crippen LogP contribution >= 0.6 is 0 Å². The van der Waals surface area contributed by atoms with Gasteiger partial charge in [-0.25, -0.2) is 0 Å². The molecular weight excluding hydrogens is 238 g/mol. The Hall–Kier alpha value is -1.22. The van der Waals surface area contributed by atoms with Crippen LogP contribution in [0.25, 0.3) is 0 Å². The van der Waals surface area contributed by atoms with Gasteiger partial charge in [0.1, 0.15) is 11.5 Å². The van der Waals surface area contributed by atoms with Gasteiger partial charge in [-0.05, 0) is 25.8 Å². The van der Waals surface area contributed by atoms with Crippen LogP contribution in [-0.4, -0.2) is 19.8 Å². The van der Waals surface area contributed by atoms with E-state index in [4.69, 9.17) is 9.47 Å². The molecule has 0 bridgehead atoms. The van der Waals surface area contributed by atoms with E-state index in [2.05, 4.69) is 18.3 Å². The minimum atomic E-state index is 0.281. The van der Waals surface area contributed by atoms with Gasteiger partial charge in [0.15, 0.2) is 0 Å². The van der Waals surface area contributed by atoms with E-state index in [1.165, 1.54) is 37.7 Å². The third-order valence-electron chi connectivity index (χ3n) is 4.16. The van der Waals surface area contributed by atoms with Crippen LogP contribution in [0.2, 0.25) is 0 Å². The maximum absolute atomic E-state index is 5.44. The monoisotopic (exact) mass is 263 g/mol. The normalized spacial score (nSPS) is 18.1. The Morgan fingerprint density at radius 3 is 2.47 bits per heavy atom. The Morgan fingerprint density at radius 1 is 1.11 bits per heavy atom. The quantitative estimate of drug-likeness (QED) is 0.881. The zero-order valence-corrected chi connectivity index (χ0v) is 12.3. The first-order chi connectivity index (χ1) is 9.17. The summed E-state index contributed by atoms with van der Waals surface area (Å²) in [6.07, 6.45) is 6.59. The number of hydrogen-bond donors (Lipinski definition) is 1. The maximum atomic E-state index is 5.44. The Labute approximate surface area is 116 Å². The van der Waals surface area contributed by atoms with Crippen LogP contribution in [0.4, 0.5) is 0 Å². The predicted octanol–water partition coefficient (Wildman–Crippen LogP) is 3.52. The summed E-state index contributed by atoms with van der Waals surface area (Å²) in [6.45, 7) is 3.19. The fourth-order valence-electron chi connectivity index (χ4n) is 2.82. The molecule has 3 nitrogen and oxygen atoms in total.